The van der Waals surface area contributed by atoms with E-state index in [0.717, 1.165) is 0 Å². The summed E-state index contributed by atoms with van der Waals surface area (Å²) in [4.78, 5) is 12.5. The zero-order valence-corrected chi connectivity index (χ0v) is 11.0. The number of hydrogen-bond donors (Lipinski definition) is 1. The van der Waals surface area contributed by atoms with Crippen LogP contribution in [0.2, 0.25) is 0 Å². The monoisotopic (exact) mass is 281 g/mol. The van der Waals surface area contributed by atoms with Crippen molar-refractivity contribution in [3.05, 3.63) is 35.4 Å². The molecule has 2 aliphatic heterocycles. The number of benzene rings is 1. The van der Waals surface area contributed by atoms with E-state index in [2.05, 4.69) is 5.32 Å². The van der Waals surface area contributed by atoms with Gasteiger partial charge in [0, 0.05) is 29.1 Å². The predicted octanol–water partition coefficient (Wildman–Crippen LogP) is 2.57. The lowest BCUT2D eigenvalue weighted by Crippen LogP contribution is -2.55. The van der Waals surface area contributed by atoms with Crippen LogP contribution in [-0.4, -0.2) is 31.1 Å². The number of alkyl halides is 2. The number of halogens is 2. The average molecular weight is 281 g/mol. The van der Waals surface area contributed by atoms with Gasteiger partial charge in [0.1, 0.15) is 0 Å². The molecule has 2 unspecified atom stereocenters. The zero-order chi connectivity index (χ0) is 14.1. The molecule has 0 aliphatic carbocycles. The Hall–Kier alpha value is -1.33. The van der Waals surface area contributed by atoms with Gasteiger partial charge in [-0.3, -0.25) is 4.79 Å². The van der Waals surface area contributed by atoms with E-state index in [9.17, 15) is 13.6 Å². The van der Waals surface area contributed by atoms with E-state index in [1.165, 1.54) is 18.2 Å². The molecule has 2 saturated heterocycles. The number of piperidine rings is 1. The Morgan fingerprint density at radius 3 is 2.60 bits per heavy atom. The largest absolute Gasteiger partial charge is 0.378 e. The van der Waals surface area contributed by atoms with E-state index >= 15 is 0 Å². The number of carbonyl (C=O) groups is 1. The second-order valence-electron chi connectivity index (χ2n) is 5.56. The van der Waals surface area contributed by atoms with Crippen LogP contribution in [0.15, 0.2) is 24.3 Å². The standard InChI is InChI=1S/C15H17F2NO2/c16-15(17)10-3-1-2-9(4-10)14(19)11-5-12-7-20-8-13(6-11)18-12/h1-4,11-13,15,18H,5-8H2. The highest BCUT2D eigenvalue weighted by molar-refractivity contribution is 5.98. The lowest BCUT2D eigenvalue weighted by atomic mass is 9.82. The molecule has 0 amide bonds. The molecule has 2 heterocycles. The van der Waals surface area contributed by atoms with E-state index in [1.807, 2.05) is 0 Å². The first kappa shape index (κ1) is 13.6. The first-order valence-corrected chi connectivity index (χ1v) is 6.89. The fourth-order valence-electron chi connectivity index (χ4n) is 3.11. The number of ether oxygens (including phenoxy) is 1. The summed E-state index contributed by atoms with van der Waals surface area (Å²) in [6, 6.07) is 6.24. The van der Waals surface area contributed by atoms with Gasteiger partial charge in [-0.2, -0.15) is 0 Å². The number of fused-ring (bicyclic) bond motifs is 2. The smallest absolute Gasteiger partial charge is 0.263 e. The van der Waals surface area contributed by atoms with Gasteiger partial charge < -0.3 is 10.1 Å². The summed E-state index contributed by atoms with van der Waals surface area (Å²) in [7, 11) is 0. The molecule has 20 heavy (non-hydrogen) atoms. The highest BCUT2D eigenvalue weighted by Crippen LogP contribution is 2.28. The van der Waals surface area contributed by atoms with Crippen molar-refractivity contribution >= 4 is 5.78 Å². The van der Waals surface area contributed by atoms with E-state index in [-0.39, 0.29) is 29.3 Å². The van der Waals surface area contributed by atoms with E-state index in [4.69, 9.17) is 4.74 Å². The normalized spacial score (nSPS) is 29.4. The maximum Gasteiger partial charge on any atom is 0.263 e. The van der Waals surface area contributed by atoms with Crippen LogP contribution in [0.5, 0.6) is 0 Å². The molecular formula is C15H17F2NO2. The molecule has 2 atom stereocenters. The fraction of sp³-hybridized carbons (Fsp3) is 0.533. The molecule has 1 aromatic rings. The van der Waals surface area contributed by atoms with Crippen molar-refractivity contribution in [1.82, 2.24) is 5.32 Å². The molecule has 2 aliphatic rings. The van der Waals surface area contributed by atoms with E-state index < -0.39 is 6.43 Å². The Morgan fingerprint density at radius 2 is 1.95 bits per heavy atom. The molecule has 0 spiro atoms. The molecule has 5 heteroatoms. The van der Waals surface area contributed by atoms with Crippen LogP contribution in [-0.2, 0) is 4.74 Å². The summed E-state index contributed by atoms with van der Waals surface area (Å²) in [5, 5.41) is 3.42. The minimum Gasteiger partial charge on any atom is -0.378 e. The minimum atomic E-state index is -2.54. The van der Waals surface area contributed by atoms with Crippen molar-refractivity contribution in [2.24, 2.45) is 5.92 Å². The van der Waals surface area contributed by atoms with Crippen LogP contribution in [0.25, 0.3) is 0 Å². The van der Waals surface area contributed by atoms with Crippen LogP contribution in [0, 0.1) is 5.92 Å². The van der Waals surface area contributed by atoms with Gasteiger partial charge in [0.15, 0.2) is 5.78 Å². The van der Waals surface area contributed by atoms with Crippen LogP contribution in [0.4, 0.5) is 8.78 Å². The van der Waals surface area contributed by atoms with Gasteiger partial charge in [-0.1, -0.05) is 18.2 Å². The van der Waals surface area contributed by atoms with Crippen LogP contribution < -0.4 is 5.32 Å². The number of rotatable bonds is 3. The number of ketones is 1. The van der Waals surface area contributed by atoms with Crippen molar-refractivity contribution in [2.45, 2.75) is 31.4 Å². The number of morpholine rings is 1. The van der Waals surface area contributed by atoms with Crippen molar-refractivity contribution < 1.29 is 18.3 Å². The third-order valence-electron chi connectivity index (χ3n) is 4.04. The number of hydrogen-bond acceptors (Lipinski definition) is 3. The summed E-state index contributed by atoms with van der Waals surface area (Å²) < 4.78 is 30.9. The SMILES string of the molecule is O=C(c1cccc(C(F)F)c1)C1CC2COCC(C1)N2. The van der Waals surface area contributed by atoms with Crippen molar-refractivity contribution in [3.63, 3.8) is 0 Å². The highest BCUT2D eigenvalue weighted by Gasteiger charge is 2.35. The van der Waals surface area contributed by atoms with Gasteiger partial charge in [-0.05, 0) is 18.9 Å². The van der Waals surface area contributed by atoms with Crippen molar-refractivity contribution in [3.8, 4) is 0 Å². The molecule has 108 valence electrons. The van der Waals surface area contributed by atoms with E-state index in [0.29, 0.717) is 31.6 Å². The lowest BCUT2D eigenvalue weighted by molar-refractivity contribution is 0.00952. The number of Topliss-reactive ketones (excluding diaryl/α,β-unsaturated/α-hetero) is 1. The molecule has 0 saturated carbocycles. The molecule has 1 N–H and O–H groups in total. The van der Waals surface area contributed by atoms with Crippen molar-refractivity contribution in [2.75, 3.05) is 13.2 Å². The molecular weight excluding hydrogens is 264 g/mol. The summed E-state index contributed by atoms with van der Waals surface area (Å²) in [5.74, 6) is -0.117. The third-order valence-corrected chi connectivity index (χ3v) is 4.04. The molecule has 1 aromatic carbocycles. The quantitative estimate of drug-likeness (QED) is 0.865. The molecule has 3 nitrogen and oxygen atoms in total. The Kier molecular flexibility index (Phi) is 3.81. The summed E-state index contributed by atoms with van der Waals surface area (Å²) >= 11 is 0. The lowest BCUT2D eigenvalue weighted by Gasteiger charge is -2.39. The molecule has 2 fully saturated rings. The van der Waals surface area contributed by atoms with Crippen LogP contribution in [0.1, 0.15) is 35.2 Å². The third kappa shape index (κ3) is 2.74. The number of carbonyl (C=O) groups excluding carboxylic acids is 1. The Labute approximate surface area is 116 Å². The molecule has 3 rings (SSSR count). The summed E-state index contributed by atoms with van der Waals surface area (Å²) in [6.45, 7) is 1.24. The van der Waals surface area contributed by atoms with Gasteiger partial charge in [0.25, 0.3) is 6.43 Å². The highest BCUT2D eigenvalue weighted by atomic mass is 19.3. The Balaban J connectivity index is 1.77. The van der Waals surface area contributed by atoms with Gasteiger partial charge >= 0.3 is 0 Å². The maximum atomic E-state index is 12.7. The average Bonchev–Trinajstić information content (AvgIpc) is 2.46. The zero-order valence-electron chi connectivity index (χ0n) is 11.0. The first-order chi connectivity index (χ1) is 9.63. The second kappa shape index (κ2) is 5.58. The predicted molar refractivity (Wildman–Crippen MR) is 70.0 cm³/mol. The summed E-state index contributed by atoms with van der Waals surface area (Å²) in [6.07, 6.45) is -1.11. The fourth-order valence-corrected chi connectivity index (χ4v) is 3.11. The van der Waals surface area contributed by atoms with Crippen LogP contribution in [0.3, 0.4) is 0 Å². The number of nitrogens with one attached hydrogen (secondary N) is 1. The van der Waals surface area contributed by atoms with Gasteiger partial charge in [0.2, 0.25) is 0 Å². The second-order valence-corrected chi connectivity index (χ2v) is 5.56. The summed E-state index contributed by atoms with van der Waals surface area (Å²) in [5.41, 5.74) is 0.307. The van der Waals surface area contributed by atoms with Gasteiger partial charge in [-0.25, -0.2) is 8.78 Å². The Bertz CT molecular complexity index is 494. The topological polar surface area (TPSA) is 38.3 Å². The molecule has 0 aromatic heterocycles. The Morgan fingerprint density at radius 1 is 1.25 bits per heavy atom. The van der Waals surface area contributed by atoms with Crippen LogP contribution >= 0.6 is 0 Å². The van der Waals surface area contributed by atoms with Gasteiger partial charge in [-0.15, -0.1) is 0 Å². The van der Waals surface area contributed by atoms with Crippen molar-refractivity contribution in [1.29, 1.82) is 0 Å². The molecule has 2 bridgehead atoms. The minimum absolute atomic E-state index is 0.0223. The molecule has 0 radical (unpaired) electrons. The van der Waals surface area contributed by atoms with E-state index in [1.54, 1.807) is 6.07 Å². The maximum absolute atomic E-state index is 12.7. The van der Waals surface area contributed by atoms with Gasteiger partial charge in [0.05, 0.1) is 13.2 Å². The first-order valence-electron chi connectivity index (χ1n) is 6.89.